The van der Waals surface area contributed by atoms with Crippen LogP contribution in [0.25, 0.3) is 33.1 Å². The molecule has 206 valence electrons. The van der Waals surface area contributed by atoms with Gasteiger partial charge in [-0.05, 0) is 45.9 Å². The third-order valence-corrected chi connectivity index (χ3v) is 6.35. The van der Waals surface area contributed by atoms with Crippen LogP contribution in [0.2, 0.25) is 5.02 Å². The quantitative estimate of drug-likeness (QED) is 0.138. The van der Waals surface area contributed by atoms with Crippen molar-refractivity contribution in [1.82, 2.24) is 30.2 Å². The van der Waals surface area contributed by atoms with E-state index in [-0.39, 0.29) is 18.0 Å². The second-order valence-electron chi connectivity index (χ2n) is 10.0. The van der Waals surface area contributed by atoms with Crippen molar-refractivity contribution in [2.45, 2.75) is 39.8 Å². The van der Waals surface area contributed by atoms with Gasteiger partial charge in [0.1, 0.15) is 5.69 Å². The van der Waals surface area contributed by atoms with Crippen LogP contribution in [0.3, 0.4) is 0 Å². The van der Waals surface area contributed by atoms with Gasteiger partial charge >= 0.3 is 0 Å². The number of aromatic nitrogens is 5. The van der Waals surface area contributed by atoms with Gasteiger partial charge in [0.05, 0.1) is 16.2 Å². The van der Waals surface area contributed by atoms with Crippen LogP contribution in [-0.4, -0.2) is 56.0 Å². The second-order valence-corrected chi connectivity index (χ2v) is 10.4. The molecular weight excluding hydrogens is 526 g/mol. The number of pyridine rings is 1. The number of carbonyl (C=O) groups excluding carboxylic acids is 1. The Morgan fingerprint density at radius 1 is 0.825 bits per heavy atom. The van der Waals surface area contributed by atoms with Gasteiger partial charge in [0, 0.05) is 47.0 Å². The molecule has 1 amide bonds. The van der Waals surface area contributed by atoms with Crippen LogP contribution in [0, 0.1) is 0 Å². The minimum absolute atomic E-state index is 0.166. The Morgan fingerprint density at radius 3 is 2.17 bits per heavy atom. The average Bonchev–Trinajstić information content (AvgIpc) is 3.29. The number of fused-ring (bicyclic) bond motifs is 3. The first-order valence-corrected chi connectivity index (χ1v) is 13.6. The normalized spacial score (nSPS) is 11.4. The zero-order chi connectivity index (χ0) is 28.2. The lowest BCUT2D eigenvalue weighted by Gasteiger charge is -2.14. The number of rotatable bonds is 10. The SMILES string of the molecule is CC(C)Nc1nc(NCCNC(=O)c2cc3c([nH]c4ccccc43)c(-c3ccccc3Cl)n2)nc(NC(C)C)n1. The molecular formula is C29H32ClN9O. The molecule has 40 heavy (non-hydrogen) atoms. The van der Waals surface area contributed by atoms with Gasteiger partial charge in [-0.2, -0.15) is 15.0 Å². The predicted octanol–water partition coefficient (Wildman–Crippen LogP) is 5.70. The van der Waals surface area contributed by atoms with Gasteiger partial charge in [0.25, 0.3) is 5.91 Å². The molecule has 0 fully saturated rings. The van der Waals surface area contributed by atoms with Crippen molar-refractivity contribution in [3.63, 3.8) is 0 Å². The summed E-state index contributed by atoms with van der Waals surface area (Å²) in [7, 11) is 0. The Hall–Kier alpha value is -4.44. The molecule has 0 spiro atoms. The number of H-pyrrole nitrogens is 1. The first kappa shape index (κ1) is 27.1. The minimum Gasteiger partial charge on any atom is -0.353 e. The number of anilines is 3. The largest absolute Gasteiger partial charge is 0.353 e. The zero-order valence-electron chi connectivity index (χ0n) is 22.8. The van der Waals surface area contributed by atoms with Crippen molar-refractivity contribution in [1.29, 1.82) is 0 Å². The number of benzene rings is 2. The number of halogens is 1. The lowest BCUT2D eigenvalue weighted by Crippen LogP contribution is -2.30. The maximum absolute atomic E-state index is 13.3. The number of nitrogens with one attached hydrogen (secondary N) is 5. The Balaban J connectivity index is 1.35. The van der Waals surface area contributed by atoms with Crippen LogP contribution >= 0.6 is 11.6 Å². The van der Waals surface area contributed by atoms with E-state index >= 15 is 0 Å². The molecule has 11 heteroatoms. The van der Waals surface area contributed by atoms with E-state index in [1.807, 2.05) is 82.3 Å². The van der Waals surface area contributed by atoms with Crippen molar-refractivity contribution in [2.24, 2.45) is 0 Å². The lowest BCUT2D eigenvalue weighted by molar-refractivity contribution is 0.0950. The molecule has 0 radical (unpaired) electrons. The molecule has 2 aromatic carbocycles. The monoisotopic (exact) mass is 557 g/mol. The summed E-state index contributed by atoms with van der Waals surface area (Å²) in [6.07, 6.45) is 0. The number of nitrogens with zero attached hydrogens (tertiary/aromatic N) is 4. The molecule has 5 rings (SSSR count). The summed E-state index contributed by atoms with van der Waals surface area (Å²) in [5, 5.41) is 15.0. The highest BCUT2D eigenvalue weighted by Gasteiger charge is 2.18. The molecule has 3 aromatic heterocycles. The molecule has 0 unspecified atom stereocenters. The summed E-state index contributed by atoms with van der Waals surface area (Å²) < 4.78 is 0. The molecule has 0 aliphatic rings. The van der Waals surface area contributed by atoms with Crippen LogP contribution in [0.5, 0.6) is 0 Å². The maximum atomic E-state index is 13.3. The van der Waals surface area contributed by atoms with Gasteiger partial charge in [0.15, 0.2) is 0 Å². The van der Waals surface area contributed by atoms with E-state index in [2.05, 4.69) is 41.2 Å². The molecule has 0 atom stereocenters. The van der Waals surface area contributed by atoms with E-state index in [1.165, 1.54) is 0 Å². The molecule has 5 aromatic rings. The number of amides is 1. The molecule has 0 saturated carbocycles. The van der Waals surface area contributed by atoms with E-state index in [0.717, 1.165) is 27.4 Å². The fraction of sp³-hybridized carbons (Fsp3) is 0.276. The van der Waals surface area contributed by atoms with Gasteiger partial charge in [-0.25, -0.2) is 4.98 Å². The first-order chi connectivity index (χ1) is 19.3. The summed E-state index contributed by atoms with van der Waals surface area (Å²) in [6.45, 7) is 8.80. The number of hydrogen-bond acceptors (Lipinski definition) is 8. The van der Waals surface area contributed by atoms with Gasteiger partial charge in [-0.15, -0.1) is 0 Å². The number of hydrogen-bond donors (Lipinski definition) is 5. The standard InChI is InChI=1S/C29H32ClN9O/c1-16(2)33-28-37-27(38-29(39-28)34-17(3)4)32-14-13-31-26(40)23-15-20-18-9-6-8-12-22(18)35-25(20)24(36-23)19-10-5-7-11-21(19)30/h5-12,15-17,35H,13-14H2,1-4H3,(H,31,40)(H3,32,33,34,37,38,39). The van der Waals surface area contributed by atoms with Crippen molar-refractivity contribution < 1.29 is 4.79 Å². The third kappa shape index (κ3) is 6.07. The molecule has 0 bridgehead atoms. The van der Waals surface area contributed by atoms with Crippen LogP contribution in [0.1, 0.15) is 38.2 Å². The topological polar surface area (TPSA) is 133 Å². The van der Waals surface area contributed by atoms with E-state index in [4.69, 9.17) is 16.6 Å². The van der Waals surface area contributed by atoms with Crippen LogP contribution in [-0.2, 0) is 0 Å². The van der Waals surface area contributed by atoms with Gasteiger partial charge in [-0.1, -0.05) is 48.0 Å². The highest BCUT2D eigenvalue weighted by Crippen LogP contribution is 2.35. The molecule has 5 N–H and O–H groups in total. The Morgan fingerprint density at radius 2 is 1.48 bits per heavy atom. The fourth-order valence-electron chi connectivity index (χ4n) is 4.35. The average molecular weight is 558 g/mol. The van der Waals surface area contributed by atoms with Crippen LogP contribution in [0.15, 0.2) is 54.6 Å². The summed E-state index contributed by atoms with van der Waals surface area (Å²) in [5.41, 5.74) is 3.48. The summed E-state index contributed by atoms with van der Waals surface area (Å²) in [6, 6.07) is 17.6. The lowest BCUT2D eigenvalue weighted by atomic mass is 10.1. The number of carbonyl (C=O) groups is 1. The summed E-state index contributed by atoms with van der Waals surface area (Å²) in [4.78, 5) is 34.8. The smallest absolute Gasteiger partial charge is 0.269 e. The van der Waals surface area contributed by atoms with Crippen LogP contribution < -0.4 is 21.3 Å². The fourth-order valence-corrected chi connectivity index (χ4v) is 4.58. The van der Waals surface area contributed by atoms with Gasteiger partial charge < -0.3 is 26.3 Å². The molecule has 0 saturated heterocycles. The zero-order valence-corrected chi connectivity index (χ0v) is 23.6. The molecule has 0 aliphatic heterocycles. The van der Waals surface area contributed by atoms with Gasteiger partial charge in [-0.3, -0.25) is 4.79 Å². The highest BCUT2D eigenvalue weighted by molar-refractivity contribution is 6.33. The van der Waals surface area contributed by atoms with E-state index in [0.29, 0.717) is 47.3 Å². The number of aromatic amines is 1. The van der Waals surface area contributed by atoms with Crippen molar-refractivity contribution in [2.75, 3.05) is 29.0 Å². The third-order valence-electron chi connectivity index (χ3n) is 6.02. The molecule has 3 heterocycles. The highest BCUT2D eigenvalue weighted by atomic mass is 35.5. The Labute approximate surface area is 237 Å². The van der Waals surface area contributed by atoms with Crippen molar-refractivity contribution in [3.05, 3.63) is 65.3 Å². The number of para-hydroxylation sites is 1. The van der Waals surface area contributed by atoms with Crippen molar-refractivity contribution in [3.8, 4) is 11.3 Å². The summed E-state index contributed by atoms with van der Waals surface area (Å²) >= 11 is 6.54. The maximum Gasteiger partial charge on any atom is 0.269 e. The first-order valence-electron chi connectivity index (χ1n) is 13.3. The molecule has 10 nitrogen and oxygen atoms in total. The Kier molecular flexibility index (Phi) is 7.97. The summed E-state index contributed by atoms with van der Waals surface area (Å²) in [5.74, 6) is 1.07. The minimum atomic E-state index is -0.290. The Bertz CT molecular complexity index is 1640. The van der Waals surface area contributed by atoms with Crippen molar-refractivity contribution >= 4 is 57.2 Å². The van der Waals surface area contributed by atoms with Gasteiger partial charge in [0.2, 0.25) is 17.8 Å². The van der Waals surface area contributed by atoms with E-state index in [9.17, 15) is 4.79 Å². The predicted molar refractivity (Wildman–Crippen MR) is 162 cm³/mol. The van der Waals surface area contributed by atoms with Crippen LogP contribution in [0.4, 0.5) is 17.8 Å². The van der Waals surface area contributed by atoms with E-state index in [1.54, 1.807) is 0 Å². The van der Waals surface area contributed by atoms with E-state index < -0.39 is 0 Å². The molecule has 0 aliphatic carbocycles. The second kappa shape index (κ2) is 11.7.